The highest BCUT2D eigenvalue weighted by molar-refractivity contribution is 5.80. The summed E-state index contributed by atoms with van der Waals surface area (Å²) in [4.78, 5) is 19.2. The van der Waals surface area contributed by atoms with Gasteiger partial charge in [0.25, 0.3) is 0 Å². The van der Waals surface area contributed by atoms with Crippen LogP contribution in [-0.4, -0.2) is 29.0 Å². The van der Waals surface area contributed by atoms with Crippen LogP contribution in [0.4, 0.5) is 11.6 Å². The molecule has 1 aliphatic rings. The first-order valence-corrected chi connectivity index (χ1v) is 5.35. The molecule has 6 heteroatoms. The van der Waals surface area contributed by atoms with Gasteiger partial charge in [0, 0.05) is 19.0 Å². The Kier molecular flexibility index (Phi) is 3.19. The number of aromatic nitrogens is 2. The van der Waals surface area contributed by atoms with Gasteiger partial charge in [0.2, 0.25) is 5.91 Å². The Bertz CT molecular complexity index is 377. The van der Waals surface area contributed by atoms with E-state index in [-0.39, 0.29) is 11.8 Å². The van der Waals surface area contributed by atoms with E-state index in [0.29, 0.717) is 24.7 Å². The van der Waals surface area contributed by atoms with Crippen molar-refractivity contribution in [3.8, 4) is 0 Å². The van der Waals surface area contributed by atoms with E-state index in [4.69, 9.17) is 5.73 Å². The van der Waals surface area contributed by atoms with Crippen molar-refractivity contribution < 1.29 is 4.79 Å². The van der Waals surface area contributed by atoms with Crippen molar-refractivity contribution in [3.63, 3.8) is 0 Å². The van der Waals surface area contributed by atoms with Gasteiger partial charge in [-0.2, -0.15) is 0 Å². The van der Waals surface area contributed by atoms with Gasteiger partial charge >= 0.3 is 0 Å². The number of amides is 1. The molecular weight excluding hydrogens is 206 g/mol. The van der Waals surface area contributed by atoms with Gasteiger partial charge in [-0.05, 0) is 12.8 Å². The summed E-state index contributed by atoms with van der Waals surface area (Å²) in [7, 11) is 0. The first-order chi connectivity index (χ1) is 7.75. The Labute approximate surface area is 93.7 Å². The maximum Gasteiger partial charge on any atom is 0.223 e. The van der Waals surface area contributed by atoms with Crippen LogP contribution in [0.3, 0.4) is 0 Å². The first kappa shape index (κ1) is 10.7. The summed E-state index contributed by atoms with van der Waals surface area (Å²) in [5.41, 5.74) is 5.48. The maximum absolute atomic E-state index is 11.3. The van der Waals surface area contributed by atoms with Crippen LogP contribution < -0.4 is 16.4 Å². The Morgan fingerprint density at radius 2 is 2.25 bits per heavy atom. The molecule has 2 rings (SSSR count). The van der Waals surface area contributed by atoms with Crippen LogP contribution in [-0.2, 0) is 4.79 Å². The zero-order valence-electron chi connectivity index (χ0n) is 8.94. The smallest absolute Gasteiger partial charge is 0.223 e. The molecule has 0 atom stereocenters. The van der Waals surface area contributed by atoms with Crippen molar-refractivity contribution in [1.29, 1.82) is 0 Å². The molecule has 0 saturated heterocycles. The summed E-state index contributed by atoms with van der Waals surface area (Å²) in [6, 6.07) is 0. The third-order valence-corrected chi connectivity index (χ3v) is 2.33. The molecule has 0 spiro atoms. The highest BCUT2D eigenvalue weighted by Gasteiger charge is 2.28. The predicted molar refractivity (Wildman–Crippen MR) is 60.7 cm³/mol. The van der Waals surface area contributed by atoms with Crippen LogP contribution in [0.15, 0.2) is 12.4 Å². The SMILES string of the molecule is Nc1cncc(NCCNC(=O)C2CC2)n1. The van der Waals surface area contributed by atoms with Crippen LogP contribution in [0.1, 0.15) is 12.8 Å². The van der Waals surface area contributed by atoms with Crippen molar-refractivity contribution in [2.75, 3.05) is 24.1 Å². The summed E-state index contributed by atoms with van der Waals surface area (Å²) >= 11 is 0. The molecule has 0 unspecified atom stereocenters. The van der Waals surface area contributed by atoms with Gasteiger partial charge in [-0.15, -0.1) is 0 Å². The Balaban J connectivity index is 1.65. The topological polar surface area (TPSA) is 92.9 Å². The maximum atomic E-state index is 11.3. The summed E-state index contributed by atoms with van der Waals surface area (Å²) < 4.78 is 0. The van der Waals surface area contributed by atoms with E-state index in [9.17, 15) is 4.79 Å². The van der Waals surface area contributed by atoms with Gasteiger partial charge in [-0.25, -0.2) is 4.98 Å². The van der Waals surface area contributed by atoms with E-state index in [1.165, 1.54) is 6.20 Å². The normalized spacial score (nSPS) is 14.5. The van der Waals surface area contributed by atoms with Crippen LogP contribution in [0, 0.1) is 5.92 Å². The Hall–Kier alpha value is -1.85. The number of carbonyl (C=O) groups is 1. The lowest BCUT2D eigenvalue weighted by atomic mass is 10.4. The van der Waals surface area contributed by atoms with E-state index in [1.54, 1.807) is 6.20 Å². The number of nitrogens with two attached hydrogens (primary N) is 1. The van der Waals surface area contributed by atoms with Crippen molar-refractivity contribution in [2.45, 2.75) is 12.8 Å². The molecule has 1 aromatic heterocycles. The fourth-order valence-electron chi connectivity index (χ4n) is 1.33. The molecule has 1 aliphatic carbocycles. The lowest BCUT2D eigenvalue weighted by Crippen LogP contribution is -2.29. The Morgan fingerprint density at radius 1 is 1.44 bits per heavy atom. The van der Waals surface area contributed by atoms with E-state index in [2.05, 4.69) is 20.6 Å². The molecule has 1 heterocycles. The van der Waals surface area contributed by atoms with Crippen LogP contribution in [0.5, 0.6) is 0 Å². The Morgan fingerprint density at radius 3 is 2.94 bits per heavy atom. The van der Waals surface area contributed by atoms with Crippen LogP contribution >= 0.6 is 0 Å². The van der Waals surface area contributed by atoms with Gasteiger partial charge in [-0.3, -0.25) is 9.78 Å². The standard InChI is InChI=1S/C10H15N5O/c11-8-5-12-6-9(15-8)13-3-4-14-10(16)7-1-2-7/h5-7H,1-4H2,(H,14,16)(H3,11,13,15). The number of rotatable bonds is 5. The number of hydrogen-bond donors (Lipinski definition) is 3. The minimum Gasteiger partial charge on any atom is -0.382 e. The molecule has 0 radical (unpaired) electrons. The lowest BCUT2D eigenvalue weighted by Gasteiger charge is -2.06. The molecule has 1 aromatic rings. The summed E-state index contributed by atoms with van der Waals surface area (Å²) in [6.45, 7) is 1.21. The number of hydrogen-bond acceptors (Lipinski definition) is 5. The number of nitrogen functional groups attached to an aromatic ring is 1. The van der Waals surface area contributed by atoms with Crippen molar-refractivity contribution in [1.82, 2.24) is 15.3 Å². The molecule has 0 aliphatic heterocycles. The number of nitrogens with one attached hydrogen (secondary N) is 2. The van der Waals surface area contributed by atoms with Crippen molar-refractivity contribution in [2.24, 2.45) is 5.92 Å². The van der Waals surface area contributed by atoms with E-state index < -0.39 is 0 Å². The second-order valence-corrected chi connectivity index (χ2v) is 3.82. The fraction of sp³-hybridized carbons (Fsp3) is 0.500. The average molecular weight is 221 g/mol. The lowest BCUT2D eigenvalue weighted by molar-refractivity contribution is -0.122. The van der Waals surface area contributed by atoms with Gasteiger partial charge in [0.05, 0.1) is 12.4 Å². The highest BCUT2D eigenvalue weighted by Crippen LogP contribution is 2.28. The minimum atomic E-state index is 0.153. The molecule has 16 heavy (non-hydrogen) atoms. The zero-order valence-corrected chi connectivity index (χ0v) is 8.94. The van der Waals surface area contributed by atoms with Crippen LogP contribution in [0.25, 0.3) is 0 Å². The summed E-state index contributed by atoms with van der Waals surface area (Å²) in [5.74, 6) is 1.42. The van der Waals surface area contributed by atoms with Gasteiger partial charge in [-0.1, -0.05) is 0 Å². The molecule has 4 N–H and O–H groups in total. The average Bonchev–Trinajstić information content (AvgIpc) is 3.08. The zero-order chi connectivity index (χ0) is 11.4. The van der Waals surface area contributed by atoms with Gasteiger partial charge in [0.1, 0.15) is 11.6 Å². The van der Waals surface area contributed by atoms with Crippen molar-refractivity contribution in [3.05, 3.63) is 12.4 Å². The minimum absolute atomic E-state index is 0.153. The van der Waals surface area contributed by atoms with Crippen LogP contribution in [0.2, 0.25) is 0 Å². The first-order valence-electron chi connectivity index (χ1n) is 5.35. The quantitative estimate of drug-likeness (QED) is 0.608. The molecule has 0 aromatic carbocycles. The third-order valence-electron chi connectivity index (χ3n) is 2.33. The van der Waals surface area contributed by atoms with E-state index >= 15 is 0 Å². The summed E-state index contributed by atoms with van der Waals surface area (Å²) in [5, 5.41) is 5.88. The third kappa shape index (κ3) is 3.08. The monoisotopic (exact) mass is 221 g/mol. The highest BCUT2D eigenvalue weighted by atomic mass is 16.2. The van der Waals surface area contributed by atoms with Gasteiger partial charge in [0.15, 0.2) is 0 Å². The molecular formula is C10H15N5O. The molecule has 1 amide bonds. The molecule has 1 saturated carbocycles. The van der Waals surface area contributed by atoms with E-state index in [0.717, 1.165) is 12.8 Å². The van der Waals surface area contributed by atoms with Gasteiger partial charge < -0.3 is 16.4 Å². The molecule has 0 bridgehead atoms. The van der Waals surface area contributed by atoms with E-state index in [1.807, 2.05) is 0 Å². The van der Waals surface area contributed by atoms with Crippen molar-refractivity contribution >= 4 is 17.5 Å². The number of nitrogens with zero attached hydrogens (tertiary/aromatic N) is 2. The second kappa shape index (κ2) is 4.78. The molecule has 6 nitrogen and oxygen atoms in total. The largest absolute Gasteiger partial charge is 0.382 e. The molecule has 1 fully saturated rings. The number of anilines is 2. The molecule has 86 valence electrons. The second-order valence-electron chi connectivity index (χ2n) is 3.82. The summed E-state index contributed by atoms with van der Waals surface area (Å²) in [6.07, 6.45) is 5.14. The number of carbonyl (C=O) groups excluding carboxylic acids is 1. The fourth-order valence-corrected chi connectivity index (χ4v) is 1.33. The predicted octanol–water partition coefficient (Wildman–Crippen LogP) is -0.00310.